The van der Waals surface area contributed by atoms with Crippen LogP contribution >= 0.6 is 0 Å². The average Bonchev–Trinajstić information content (AvgIpc) is 3.79. The SMILES string of the molecule is COc1cc(-c2cn[nH]c2)c2nc(C)cc(N3CCc4c(cc(Cn5ccnc5)cc4-c4cn(C)nc4C(F)(F)F)C3=O)c2c1. The number of anilines is 1. The van der Waals surface area contributed by atoms with Crippen molar-refractivity contribution in [2.75, 3.05) is 18.6 Å². The van der Waals surface area contributed by atoms with E-state index in [0.717, 1.165) is 15.8 Å². The van der Waals surface area contributed by atoms with Crippen LogP contribution in [0, 0.1) is 6.92 Å². The Kier molecular flexibility index (Phi) is 6.68. The molecule has 5 heterocycles. The minimum Gasteiger partial charge on any atom is -0.497 e. The second-order valence-electron chi connectivity index (χ2n) is 11.0. The number of fused-ring (bicyclic) bond motifs is 2. The van der Waals surface area contributed by atoms with Crippen molar-refractivity contribution >= 4 is 22.5 Å². The number of alkyl halides is 3. The molecule has 1 N–H and O–H groups in total. The molecule has 0 aliphatic carbocycles. The Balaban J connectivity index is 1.41. The smallest absolute Gasteiger partial charge is 0.435 e. The zero-order valence-corrected chi connectivity index (χ0v) is 24.6. The van der Waals surface area contributed by atoms with Gasteiger partial charge in [-0.15, -0.1) is 0 Å². The Labute approximate surface area is 255 Å². The molecule has 2 aromatic carbocycles. The van der Waals surface area contributed by atoms with Crippen LogP contribution in [0.2, 0.25) is 0 Å². The normalized spacial score (nSPS) is 13.5. The second kappa shape index (κ2) is 10.6. The highest BCUT2D eigenvalue weighted by atomic mass is 19.4. The lowest BCUT2D eigenvalue weighted by molar-refractivity contribution is -0.140. The first-order valence-electron chi connectivity index (χ1n) is 14.1. The number of aromatic nitrogens is 7. The van der Waals surface area contributed by atoms with E-state index in [0.29, 0.717) is 63.3 Å². The zero-order valence-electron chi connectivity index (χ0n) is 24.6. The number of halogens is 3. The van der Waals surface area contributed by atoms with E-state index in [9.17, 15) is 18.0 Å². The fourth-order valence-electron chi connectivity index (χ4n) is 6.08. The molecule has 7 rings (SSSR count). The number of benzene rings is 2. The maximum absolute atomic E-state index is 14.5. The molecular formula is C32H27F3N8O2. The number of aryl methyl sites for hydroxylation is 2. The molecule has 45 heavy (non-hydrogen) atoms. The van der Waals surface area contributed by atoms with Crippen LogP contribution in [0.25, 0.3) is 33.2 Å². The summed E-state index contributed by atoms with van der Waals surface area (Å²) >= 11 is 0. The molecule has 0 atom stereocenters. The summed E-state index contributed by atoms with van der Waals surface area (Å²) in [6.45, 7) is 2.42. The molecule has 6 aromatic rings. The van der Waals surface area contributed by atoms with Crippen molar-refractivity contribution in [2.24, 2.45) is 7.05 Å². The van der Waals surface area contributed by atoms with E-state index in [1.807, 2.05) is 25.1 Å². The van der Waals surface area contributed by atoms with Gasteiger partial charge in [0, 0.05) is 78.3 Å². The molecule has 1 aliphatic heterocycles. The topological polar surface area (TPSA) is 107 Å². The first-order chi connectivity index (χ1) is 21.6. The standard InChI is InChI=1S/C32H27F3N8O2/c1-18-8-28(26-12-21(45-3)11-23(29(26)39-18)20-13-37-38-14-20)43-6-4-22-24(27-16-41(2)40-30(27)32(33,34)35)9-19(10-25(22)31(43)44)15-42-7-5-36-17-42/h5,7-14,16-17H,4,6,15H2,1-3H3,(H,37,38). The van der Waals surface area contributed by atoms with Gasteiger partial charge in [0.05, 0.1) is 30.8 Å². The first-order valence-corrected chi connectivity index (χ1v) is 14.1. The summed E-state index contributed by atoms with van der Waals surface area (Å²) in [7, 11) is 3.03. The molecule has 0 spiro atoms. The molecule has 0 radical (unpaired) electrons. The third kappa shape index (κ3) is 4.99. The lowest BCUT2D eigenvalue weighted by Gasteiger charge is -2.32. The number of hydrogen-bond donors (Lipinski definition) is 1. The molecule has 0 fully saturated rings. The number of rotatable bonds is 6. The van der Waals surface area contributed by atoms with Crippen LogP contribution < -0.4 is 9.64 Å². The molecule has 0 saturated carbocycles. The number of nitrogens with one attached hydrogen (secondary N) is 1. The van der Waals surface area contributed by atoms with Crippen molar-refractivity contribution in [3.8, 4) is 28.0 Å². The minimum atomic E-state index is -4.67. The molecule has 0 unspecified atom stereocenters. The number of aromatic amines is 1. The van der Waals surface area contributed by atoms with Crippen molar-refractivity contribution in [3.63, 3.8) is 0 Å². The van der Waals surface area contributed by atoms with Gasteiger partial charge in [-0.05, 0) is 60.4 Å². The number of carbonyl (C=O) groups excluding carboxylic acids is 1. The monoisotopic (exact) mass is 612 g/mol. The largest absolute Gasteiger partial charge is 0.497 e. The predicted octanol–water partition coefficient (Wildman–Crippen LogP) is 5.81. The number of imidazole rings is 1. The highest BCUT2D eigenvalue weighted by molar-refractivity contribution is 6.14. The quantitative estimate of drug-likeness (QED) is 0.255. The maximum atomic E-state index is 14.5. The van der Waals surface area contributed by atoms with Crippen molar-refractivity contribution < 1.29 is 22.7 Å². The Morgan fingerprint density at radius 1 is 1.07 bits per heavy atom. The third-order valence-electron chi connectivity index (χ3n) is 8.01. The summed E-state index contributed by atoms with van der Waals surface area (Å²) in [5.74, 6) is 0.263. The van der Waals surface area contributed by atoms with E-state index >= 15 is 0 Å². The van der Waals surface area contributed by atoms with Crippen LogP contribution in [0.15, 0.2) is 67.6 Å². The summed E-state index contributed by atoms with van der Waals surface area (Å²) in [5.41, 5.74) is 4.45. The summed E-state index contributed by atoms with van der Waals surface area (Å²) in [6, 6.07) is 9.06. The van der Waals surface area contributed by atoms with Crippen LogP contribution in [-0.2, 0) is 26.2 Å². The van der Waals surface area contributed by atoms with Gasteiger partial charge >= 0.3 is 6.18 Å². The fraction of sp³-hybridized carbons (Fsp3) is 0.219. The van der Waals surface area contributed by atoms with Gasteiger partial charge < -0.3 is 14.2 Å². The van der Waals surface area contributed by atoms with Crippen molar-refractivity contribution in [1.29, 1.82) is 0 Å². The summed E-state index contributed by atoms with van der Waals surface area (Å²) in [4.78, 5) is 25.0. The highest BCUT2D eigenvalue weighted by Gasteiger charge is 2.39. The molecule has 0 bridgehead atoms. The summed E-state index contributed by atoms with van der Waals surface area (Å²) < 4.78 is 51.0. The van der Waals surface area contributed by atoms with E-state index in [4.69, 9.17) is 9.72 Å². The summed E-state index contributed by atoms with van der Waals surface area (Å²) in [5, 5.41) is 11.4. The van der Waals surface area contributed by atoms with Gasteiger partial charge in [-0.2, -0.15) is 23.4 Å². The van der Waals surface area contributed by atoms with Crippen LogP contribution in [0.5, 0.6) is 5.75 Å². The molecule has 0 saturated heterocycles. The van der Waals surface area contributed by atoms with Crippen LogP contribution in [0.1, 0.15) is 32.9 Å². The van der Waals surface area contributed by atoms with E-state index in [-0.39, 0.29) is 18.0 Å². The molecule has 13 heteroatoms. The maximum Gasteiger partial charge on any atom is 0.435 e. The Hall–Kier alpha value is -5.46. The van der Waals surface area contributed by atoms with Crippen LogP contribution in [-0.4, -0.2) is 54.1 Å². The molecular weight excluding hydrogens is 585 g/mol. The number of ether oxygens (including phenoxy) is 1. The van der Waals surface area contributed by atoms with Gasteiger partial charge in [-0.1, -0.05) is 0 Å². The van der Waals surface area contributed by atoms with Gasteiger partial charge in [0.1, 0.15) is 5.75 Å². The van der Waals surface area contributed by atoms with E-state index in [2.05, 4.69) is 20.3 Å². The van der Waals surface area contributed by atoms with Crippen molar-refractivity contribution in [2.45, 2.75) is 26.1 Å². The van der Waals surface area contributed by atoms with Gasteiger partial charge in [0.25, 0.3) is 5.91 Å². The van der Waals surface area contributed by atoms with E-state index < -0.39 is 11.9 Å². The number of H-pyrrole nitrogens is 1. The number of hydrogen-bond acceptors (Lipinski definition) is 6. The van der Waals surface area contributed by atoms with Crippen LogP contribution in [0.3, 0.4) is 0 Å². The molecule has 1 aliphatic rings. The van der Waals surface area contributed by atoms with Gasteiger partial charge in [0.15, 0.2) is 5.69 Å². The number of methoxy groups -OCH3 is 1. The Morgan fingerprint density at radius 3 is 2.60 bits per heavy atom. The van der Waals surface area contributed by atoms with Crippen molar-refractivity contribution in [1.82, 2.24) is 34.5 Å². The number of pyridine rings is 1. The summed E-state index contributed by atoms with van der Waals surface area (Å²) in [6.07, 6.45) is 5.47. The molecule has 10 nitrogen and oxygen atoms in total. The Bertz CT molecular complexity index is 2060. The van der Waals surface area contributed by atoms with Gasteiger partial charge in [-0.25, -0.2) is 4.98 Å². The fourth-order valence-corrected chi connectivity index (χ4v) is 6.08. The third-order valence-corrected chi connectivity index (χ3v) is 8.01. The first kappa shape index (κ1) is 28.3. The lowest BCUT2D eigenvalue weighted by atomic mass is 9.87. The molecule has 4 aromatic heterocycles. The lowest BCUT2D eigenvalue weighted by Crippen LogP contribution is -2.38. The Morgan fingerprint density at radius 2 is 1.89 bits per heavy atom. The van der Waals surface area contributed by atoms with Gasteiger partial charge in [-0.3, -0.25) is 19.6 Å². The van der Waals surface area contributed by atoms with Gasteiger partial charge in [0.2, 0.25) is 0 Å². The van der Waals surface area contributed by atoms with E-state index in [1.165, 1.54) is 13.2 Å². The predicted molar refractivity (Wildman–Crippen MR) is 161 cm³/mol. The average molecular weight is 613 g/mol. The second-order valence-corrected chi connectivity index (χ2v) is 11.0. The zero-order chi connectivity index (χ0) is 31.5. The minimum absolute atomic E-state index is 0.0605. The highest BCUT2D eigenvalue weighted by Crippen LogP contribution is 2.42. The molecule has 228 valence electrons. The molecule has 1 amide bonds. The van der Waals surface area contributed by atoms with Crippen molar-refractivity contribution in [3.05, 3.63) is 95.7 Å². The van der Waals surface area contributed by atoms with E-state index in [1.54, 1.807) is 59.8 Å². The number of carbonyl (C=O) groups is 1. The number of nitrogens with zero attached hydrogens (tertiary/aromatic N) is 7. The number of amides is 1. The van der Waals surface area contributed by atoms with Crippen LogP contribution in [0.4, 0.5) is 18.9 Å².